The quantitative estimate of drug-likeness (QED) is 0.117. The lowest BCUT2D eigenvalue weighted by Crippen LogP contribution is -2.15. The van der Waals surface area contributed by atoms with Gasteiger partial charge >= 0.3 is 0 Å². The number of rotatable bonds is 18. The molecule has 3 heterocycles. The van der Waals surface area contributed by atoms with Crippen molar-refractivity contribution in [2.75, 3.05) is 20.3 Å². The molecule has 0 spiro atoms. The Balaban J connectivity index is 0.000000190. The first-order valence-corrected chi connectivity index (χ1v) is 23.1. The van der Waals surface area contributed by atoms with Crippen LogP contribution in [0.2, 0.25) is 0 Å². The average molecular weight is 787 g/mol. The predicted molar refractivity (Wildman–Crippen MR) is 231 cm³/mol. The van der Waals surface area contributed by atoms with Crippen LogP contribution in [0.4, 0.5) is 0 Å². The summed E-state index contributed by atoms with van der Waals surface area (Å²) in [7, 11) is 1.70. The van der Waals surface area contributed by atoms with Crippen molar-refractivity contribution < 1.29 is 14.2 Å². The summed E-state index contributed by atoms with van der Waals surface area (Å²) in [6, 6.07) is 0. The number of hydrogen-bond donors (Lipinski definition) is 0. The molecule has 0 unspecified atom stereocenters. The fourth-order valence-electron chi connectivity index (χ4n) is 9.02. The zero-order valence-electron chi connectivity index (χ0n) is 36.8. The Morgan fingerprint density at radius 3 is 1.02 bits per heavy atom. The van der Waals surface area contributed by atoms with E-state index in [1.54, 1.807) is 7.11 Å². The lowest BCUT2D eigenvalue weighted by Gasteiger charge is -2.27. The van der Waals surface area contributed by atoms with Gasteiger partial charge in [0.2, 0.25) is 0 Å². The largest absolute Gasteiger partial charge is 0.380 e. The number of nitrogens with zero attached hydrogens (tertiary/aromatic N) is 6. The summed E-state index contributed by atoms with van der Waals surface area (Å²) in [6.45, 7) is 14.4. The molecule has 9 heteroatoms. The van der Waals surface area contributed by atoms with Gasteiger partial charge in [-0.2, -0.15) is 0 Å². The molecule has 0 saturated heterocycles. The molecule has 0 atom stereocenters. The van der Waals surface area contributed by atoms with E-state index in [1.165, 1.54) is 116 Å². The summed E-state index contributed by atoms with van der Waals surface area (Å²) >= 11 is 0. The fraction of sp³-hybridized carbons (Fsp3) is 0.750. The molecule has 3 saturated carbocycles. The molecule has 9 nitrogen and oxygen atoms in total. The van der Waals surface area contributed by atoms with Gasteiger partial charge in [-0.1, -0.05) is 66.2 Å². The van der Waals surface area contributed by atoms with Crippen LogP contribution < -0.4 is 0 Å². The Kier molecular flexibility index (Phi) is 22.8. The first-order valence-electron chi connectivity index (χ1n) is 23.1. The Hall–Kier alpha value is -2.88. The number of methoxy groups -OCH3 is 1. The van der Waals surface area contributed by atoms with Crippen molar-refractivity contribution in [2.24, 2.45) is 17.8 Å². The van der Waals surface area contributed by atoms with Gasteiger partial charge in [0.25, 0.3) is 0 Å². The highest BCUT2D eigenvalue weighted by molar-refractivity contribution is 5.09. The van der Waals surface area contributed by atoms with Crippen LogP contribution in [0.5, 0.6) is 0 Å². The van der Waals surface area contributed by atoms with Crippen molar-refractivity contribution in [3.8, 4) is 0 Å². The Bertz CT molecular complexity index is 1420. The molecule has 57 heavy (non-hydrogen) atoms. The summed E-state index contributed by atoms with van der Waals surface area (Å²) in [4.78, 5) is 27.2. The number of ether oxygens (including phenoxy) is 3. The highest BCUT2D eigenvalue weighted by Gasteiger charge is 2.25. The molecule has 0 aliphatic heterocycles. The van der Waals surface area contributed by atoms with Crippen LogP contribution in [-0.2, 0) is 34.0 Å². The minimum absolute atomic E-state index is 0.578. The van der Waals surface area contributed by atoms with E-state index in [0.29, 0.717) is 37.6 Å². The van der Waals surface area contributed by atoms with Crippen molar-refractivity contribution in [3.05, 3.63) is 71.3 Å². The molecule has 0 bridgehead atoms. The highest BCUT2D eigenvalue weighted by atomic mass is 16.5. The molecular formula is C48H78N6O3. The van der Waals surface area contributed by atoms with E-state index in [2.05, 4.69) is 57.6 Å². The summed E-state index contributed by atoms with van der Waals surface area (Å²) in [6.07, 6.45) is 36.4. The maximum atomic E-state index is 5.52. The Labute approximate surface area is 346 Å². The molecule has 3 aromatic rings. The van der Waals surface area contributed by atoms with Crippen LogP contribution in [0.1, 0.15) is 209 Å². The van der Waals surface area contributed by atoms with Crippen LogP contribution in [0.15, 0.2) is 37.2 Å². The minimum Gasteiger partial charge on any atom is -0.380 e. The third kappa shape index (κ3) is 17.1. The second-order valence-electron chi connectivity index (χ2n) is 17.0. The average Bonchev–Trinajstić information content (AvgIpc) is 3.26. The van der Waals surface area contributed by atoms with Gasteiger partial charge in [-0.05, 0) is 108 Å². The molecule has 3 fully saturated rings. The van der Waals surface area contributed by atoms with Crippen LogP contribution in [0.3, 0.4) is 0 Å². The van der Waals surface area contributed by atoms with Gasteiger partial charge in [0, 0.05) is 91.9 Å². The van der Waals surface area contributed by atoms with Gasteiger partial charge in [-0.25, -0.2) is 29.9 Å². The molecule has 0 amide bonds. The van der Waals surface area contributed by atoms with Gasteiger partial charge in [0.1, 0.15) is 17.5 Å². The molecule has 0 radical (unpaired) electrons. The molecule has 0 aromatic carbocycles. The third-order valence-electron chi connectivity index (χ3n) is 12.3. The summed E-state index contributed by atoms with van der Waals surface area (Å²) < 4.78 is 16.0. The summed E-state index contributed by atoms with van der Waals surface area (Å²) in [5.74, 6) is 7.67. The lowest BCUT2D eigenvalue weighted by molar-refractivity contribution is 0.121. The molecule has 0 N–H and O–H groups in total. The van der Waals surface area contributed by atoms with Crippen molar-refractivity contribution in [1.82, 2.24) is 29.9 Å². The van der Waals surface area contributed by atoms with Gasteiger partial charge < -0.3 is 14.2 Å². The van der Waals surface area contributed by atoms with E-state index in [0.717, 1.165) is 71.6 Å². The second kappa shape index (κ2) is 27.7. The van der Waals surface area contributed by atoms with Crippen molar-refractivity contribution in [2.45, 2.75) is 194 Å². The first kappa shape index (κ1) is 46.8. The van der Waals surface area contributed by atoms with Gasteiger partial charge in [0.15, 0.2) is 0 Å². The maximum absolute atomic E-state index is 5.52. The van der Waals surface area contributed by atoms with E-state index < -0.39 is 0 Å². The molecule has 3 aliphatic carbocycles. The smallest absolute Gasteiger partial charge is 0.131 e. The fourth-order valence-corrected chi connectivity index (χ4v) is 9.02. The van der Waals surface area contributed by atoms with Gasteiger partial charge in [-0.3, -0.25) is 0 Å². The topological polar surface area (TPSA) is 105 Å². The molecule has 6 rings (SSSR count). The molecule has 3 aromatic heterocycles. The summed E-state index contributed by atoms with van der Waals surface area (Å²) in [5.41, 5.74) is 3.22. The Morgan fingerprint density at radius 1 is 0.421 bits per heavy atom. The Morgan fingerprint density at radius 2 is 0.737 bits per heavy atom. The van der Waals surface area contributed by atoms with Crippen LogP contribution in [-0.4, -0.2) is 50.2 Å². The SMILES string of the molecule is CCCC1CCC(c2ncc(COC)cn2)CC1.CCCC1CCC(c2ncc(COCC)cn2)CC1.CCCOCc1cnc(C2CCC(CCC)CC2)nc1. The minimum atomic E-state index is 0.578. The monoisotopic (exact) mass is 787 g/mol. The van der Waals surface area contributed by atoms with Gasteiger partial charge in [-0.15, -0.1) is 0 Å². The highest BCUT2D eigenvalue weighted by Crippen LogP contribution is 2.38. The van der Waals surface area contributed by atoms with Crippen LogP contribution >= 0.6 is 0 Å². The predicted octanol–water partition coefficient (Wildman–Crippen LogP) is 12.3. The van der Waals surface area contributed by atoms with E-state index in [9.17, 15) is 0 Å². The normalized spacial score (nSPS) is 23.5. The summed E-state index contributed by atoms with van der Waals surface area (Å²) in [5, 5.41) is 0. The standard InChI is InChI=1S/C17H28N2O.C16H26N2O.C15H24N2O/c1-3-5-14-6-8-16(9-7-14)17-18-11-15(12-19-17)13-20-10-4-2;1-3-5-13-6-8-15(9-7-13)16-17-10-14(11-18-16)12-19-4-2;1-3-4-12-5-7-14(8-6-12)15-16-9-13(10-17-15)11-18-2/h11-12,14,16H,3-10,13H2,1-2H3;10-11,13,15H,3-9,12H2,1-2H3;9-10,12,14H,3-8,11H2,1-2H3. The molecule has 3 aliphatic rings. The second-order valence-corrected chi connectivity index (χ2v) is 17.0. The van der Waals surface area contributed by atoms with E-state index in [-0.39, 0.29) is 0 Å². The van der Waals surface area contributed by atoms with Crippen LogP contribution in [0.25, 0.3) is 0 Å². The van der Waals surface area contributed by atoms with Crippen molar-refractivity contribution in [1.29, 1.82) is 0 Å². The van der Waals surface area contributed by atoms with E-state index >= 15 is 0 Å². The van der Waals surface area contributed by atoms with E-state index in [1.807, 2.05) is 44.1 Å². The maximum Gasteiger partial charge on any atom is 0.131 e. The van der Waals surface area contributed by atoms with E-state index in [4.69, 9.17) is 14.2 Å². The first-order chi connectivity index (χ1) is 28.0. The van der Waals surface area contributed by atoms with Crippen molar-refractivity contribution in [3.63, 3.8) is 0 Å². The third-order valence-corrected chi connectivity index (χ3v) is 12.3. The zero-order chi connectivity index (χ0) is 40.5. The van der Waals surface area contributed by atoms with Crippen LogP contribution in [0, 0.1) is 17.8 Å². The number of aromatic nitrogens is 6. The lowest BCUT2D eigenvalue weighted by atomic mass is 9.80. The number of hydrogen-bond acceptors (Lipinski definition) is 9. The molecular weight excluding hydrogens is 709 g/mol. The van der Waals surface area contributed by atoms with Crippen molar-refractivity contribution >= 4 is 0 Å². The zero-order valence-corrected chi connectivity index (χ0v) is 36.8. The van der Waals surface area contributed by atoms with Gasteiger partial charge in [0.05, 0.1) is 19.8 Å². The molecule has 318 valence electrons.